The minimum absolute atomic E-state index is 0.0869. The molecule has 19 heavy (non-hydrogen) atoms. The van der Waals surface area contributed by atoms with Gasteiger partial charge in [-0.3, -0.25) is 0 Å². The number of nitrogens with one attached hydrogen (secondary N) is 1. The molecular formula is C15H26ClN3. The number of aromatic nitrogens is 1. The zero-order valence-electron chi connectivity index (χ0n) is 12.9. The zero-order valence-corrected chi connectivity index (χ0v) is 13.7. The highest BCUT2D eigenvalue weighted by atomic mass is 35.5. The van der Waals surface area contributed by atoms with Crippen LogP contribution in [0.2, 0.25) is 5.02 Å². The van der Waals surface area contributed by atoms with E-state index in [1.807, 2.05) is 0 Å². The second kappa shape index (κ2) is 6.58. The van der Waals surface area contributed by atoms with Crippen molar-refractivity contribution in [2.75, 3.05) is 11.9 Å². The highest BCUT2D eigenvalue weighted by Crippen LogP contribution is 2.26. The van der Waals surface area contributed by atoms with Crippen LogP contribution < -0.4 is 10.2 Å². The minimum atomic E-state index is 0.0869. The van der Waals surface area contributed by atoms with Crippen molar-refractivity contribution in [3.8, 4) is 0 Å². The summed E-state index contributed by atoms with van der Waals surface area (Å²) in [7, 11) is 2.08. The second-order valence-corrected chi connectivity index (χ2v) is 6.30. The standard InChI is InChI=1S/C15H26ClN3/c1-7-15(4,5)19(6)14-8-12(9-17-11(2)3)13(16)10-18-14/h8,10-11,17H,7,9H2,1-6H3. The molecule has 0 aliphatic rings. The van der Waals surface area contributed by atoms with Gasteiger partial charge in [-0.15, -0.1) is 0 Å². The molecule has 0 saturated heterocycles. The Kier molecular flexibility index (Phi) is 5.63. The maximum absolute atomic E-state index is 6.21. The molecule has 0 atom stereocenters. The molecule has 1 rings (SSSR count). The van der Waals surface area contributed by atoms with Gasteiger partial charge >= 0.3 is 0 Å². The van der Waals surface area contributed by atoms with Crippen LogP contribution in [0.25, 0.3) is 0 Å². The highest BCUT2D eigenvalue weighted by molar-refractivity contribution is 6.31. The van der Waals surface area contributed by atoms with Gasteiger partial charge in [-0.2, -0.15) is 0 Å². The first-order valence-corrected chi connectivity index (χ1v) is 7.27. The van der Waals surface area contributed by atoms with E-state index >= 15 is 0 Å². The van der Waals surface area contributed by atoms with Crippen LogP contribution in [0, 0.1) is 0 Å². The lowest BCUT2D eigenvalue weighted by atomic mass is 10.00. The molecule has 0 unspecified atom stereocenters. The van der Waals surface area contributed by atoms with Crippen molar-refractivity contribution in [2.45, 2.75) is 59.2 Å². The predicted molar refractivity (Wildman–Crippen MR) is 84.0 cm³/mol. The van der Waals surface area contributed by atoms with Crippen molar-refractivity contribution in [3.63, 3.8) is 0 Å². The van der Waals surface area contributed by atoms with Crippen LogP contribution in [0.3, 0.4) is 0 Å². The summed E-state index contributed by atoms with van der Waals surface area (Å²) in [6.45, 7) is 11.6. The van der Waals surface area contributed by atoms with Gasteiger partial charge in [-0.05, 0) is 31.9 Å². The van der Waals surface area contributed by atoms with Crippen molar-refractivity contribution in [1.29, 1.82) is 0 Å². The molecule has 0 saturated carbocycles. The van der Waals surface area contributed by atoms with Crippen molar-refractivity contribution >= 4 is 17.4 Å². The highest BCUT2D eigenvalue weighted by Gasteiger charge is 2.22. The number of pyridine rings is 1. The smallest absolute Gasteiger partial charge is 0.129 e. The Morgan fingerprint density at radius 2 is 2.05 bits per heavy atom. The summed E-state index contributed by atoms with van der Waals surface area (Å²) in [5, 5.41) is 4.11. The van der Waals surface area contributed by atoms with E-state index in [-0.39, 0.29) is 5.54 Å². The van der Waals surface area contributed by atoms with Gasteiger partial charge in [0, 0.05) is 31.4 Å². The second-order valence-electron chi connectivity index (χ2n) is 5.89. The Morgan fingerprint density at radius 3 is 2.58 bits per heavy atom. The van der Waals surface area contributed by atoms with Gasteiger partial charge in [0.05, 0.1) is 5.02 Å². The normalized spacial score (nSPS) is 12.0. The molecule has 1 aromatic rings. The number of anilines is 1. The molecule has 0 radical (unpaired) electrons. The molecule has 0 amide bonds. The van der Waals surface area contributed by atoms with Gasteiger partial charge in [0.15, 0.2) is 0 Å². The van der Waals surface area contributed by atoms with Crippen LogP contribution in [0.5, 0.6) is 0 Å². The molecular weight excluding hydrogens is 258 g/mol. The van der Waals surface area contributed by atoms with E-state index in [1.54, 1.807) is 6.20 Å². The van der Waals surface area contributed by atoms with E-state index in [0.717, 1.165) is 29.4 Å². The van der Waals surface area contributed by atoms with E-state index in [2.05, 4.69) is 62.9 Å². The Labute approximate surface area is 122 Å². The Balaban J connectivity index is 2.95. The average Bonchev–Trinajstić information content (AvgIpc) is 2.36. The predicted octanol–water partition coefficient (Wildman–Crippen LogP) is 3.86. The monoisotopic (exact) mass is 283 g/mol. The maximum atomic E-state index is 6.21. The van der Waals surface area contributed by atoms with E-state index < -0.39 is 0 Å². The minimum Gasteiger partial charge on any atom is -0.355 e. The lowest BCUT2D eigenvalue weighted by Gasteiger charge is -2.36. The number of rotatable bonds is 6. The third kappa shape index (κ3) is 4.36. The first-order chi connectivity index (χ1) is 8.77. The SMILES string of the molecule is CCC(C)(C)N(C)c1cc(CNC(C)C)c(Cl)cn1. The molecule has 4 heteroatoms. The van der Waals surface area contributed by atoms with Gasteiger partial charge in [0.2, 0.25) is 0 Å². The summed E-state index contributed by atoms with van der Waals surface area (Å²) >= 11 is 6.21. The van der Waals surface area contributed by atoms with E-state index in [9.17, 15) is 0 Å². The van der Waals surface area contributed by atoms with Crippen LogP contribution in [0.1, 0.15) is 46.6 Å². The number of hydrogen-bond acceptors (Lipinski definition) is 3. The molecule has 0 fully saturated rings. The van der Waals surface area contributed by atoms with Crippen LogP contribution in [0.15, 0.2) is 12.3 Å². The van der Waals surface area contributed by atoms with Crippen molar-refractivity contribution in [1.82, 2.24) is 10.3 Å². The van der Waals surface area contributed by atoms with Crippen molar-refractivity contribution in [2.24, 2.45) is 0 Å². The van der Waals surface area contributed by atoms with E-state index in [4.69, 9.17) is 11.6 Å². The van der Waals surface area contributed by atoms with E-state index in [1.165, 1.54) is 0 Å². The summed E-state index contributed by atoms with van der Waals surface area (Å²) in [5.41, 5.74) is 1.18. The fourth-order valence-electron chi connectivity index (χ4n) is 1.65. The summed E-state index contributed by atoms with van der Waals surface area (Å²) in [6.07, 6.45) is 2.81. The van der Waals surface area contributed by atoms with E-state index in [0.29, 0.717) is 6.04 Å². The molecule has 0 aromatic carbocycles. The number of nitrogens with zero attached hydrogens (tertiary/aromatic N) is 2. The Hall–Kier alpha value is -0.800. The zero-order chi connectivity index (χ0) is 14.6. The topological polar surface area (TPSA) is 28.2 Å². The number of halogens is 1. The lowest BCUT2D eigenvalue weighted by molar-refractivity contribution is 0.467. The first kappa shape index (κ1) is 16.3. The number of hydrogen-bond donors (Lipinski definition) is 1. The largest absolute Gasteiger partial charge is 0.355 e. The first-order valence-electron chi connectivity index (χ1n) is 6.89. The molecule has 0 aliphatic heterocycles. The molecule has 0 aliphatic carbocycles. The summed E-state index contributed by atoms with van der Waals surface area (Å²) in [6, 6.07) is 2.52. The van der Waals surface area contributed by atoms with Gasteiger partial charge in [-0.1, -0.05) is 32.4 Å². The van der Waals surface area contributed by atoms with Gasteiger partial charge in [0.1, 0.15) is 5.82 Å². The molecule has 0 spiro atoms. The molecule has 1 N–H and O–H groups in total. The molecule has 1 aromatic heterocycles. The van der Waals surface area contributed by atoms with Crippen LogP contribution in [-0.4, -0.2) is 23.6 Å². The van der Waals surface area contributed by atoms with Crippen LogP contribution >= 0.6 is 11.6 Å². The molecule has 108 valence electrons. The van der Waals surface area contributed by atoms with Gasteiger partial charge in [0.25, 0.3) is 0 Å². The average molecular weight is 284 g/mol. The quantitative estimate of drug-likeness (QED) is 0.859. The molecule has 1 heterocycles. The van der Waals surface area contributed by atoms with Crippen LogP contribution in [-0.2, 0) is 6.54 Å². The summed E-state index contributed by atoms with van der Waals surface area (Å²) in [4.78, 5) is 6.66. The van der Waals surface area contributed by atoms with Crippen LogP contribution in [0.4, 0.5) is 5.82 Å². The molecule has 0 bridgehead atoms. The fourth-order valence-corrected chi connectivity index (χ4v) is 1.82. The van der Waals surface area contributed by atoms with Gasteiger partial charge < -0.3 is 10.2 Å². The fraction of sp³-hybridized carbons (Fsp3) is 0.667. The lowest BCUT2D eigenvalue weighted by Crippen LogP contribution is -2.41. The van der Waals surface area contributed by atoms with Gasteiger partial charge in [-0.25, -0.2) is 4.98 Å². The third-order valence-corrected chi connectivity index (χ3v) is 4.08. The maximum Gasteiger partial charge on any atom is 0.129 e. The summed E-state index contributed by atoms with van der Waals surface area (Å²) in [5.74, 6) is 0.969. The van der Waals surface area contributed by atoms with Crippen molar-refractivity contribution < 1.29 is 0 Å². The third-order valence-electron chi connectivity index (χ3n) is 3.74. The Morgan fingerprint density at radius 1 is 1.42 bits per heavy atom. The molecule has 3 nitrogen and oxygen atoms in total. The Bertz CT molecular complexity index is 416. The summed E-state index contributed by atoms with van der Waals surface area (Å²) < 4.78 is 0. The van der Waals surface area contributed by atoms with Crippen molar-refractivity contribution in [3.05, 3.63) is 22.8 Å².